The second-order valence-corrected chi connectivity index (χ2v) is 9.89. The van der Waals surface area contributed by atoms with Crippen molar-refractivity contribution < 1.29 is 4.79 Å². The van der Waals surface area contributed by atoms with E-state index in [0.29, 0.717) is 15.2 Å². The van der Waals surface area contributed by atoms with Crippen molar-refractivity contribution in [2.45, 2.75) is 37.4 Å². The Morgan fingerprint density at radius 1 is 1.34 bits per heavy atom. The molecule has 1 aliphatic rings. The zero-order valence-electron chi connectivity index (χ0n) is 15.9. The Kier molecular flexibility index (Phi) is 5.93. The number of carbonyl (C=O) groups is 1. The van der Waals surface area contributed by atoms with Crippen molar-refractivity contribution in [1.82, 2.24) is 14.9 Å². The predicted octanol–water partition coefficient (Wildman–Crippen LogP) is 4.76. The zero-order valence-corrected chi connectivity index (χ0v) is 19.1. The molecule has 0 saturated heterocycles. The molecular weight excluding hydrogens is 449 g/mol. The molecule has 1 N–H and O–H groups in total. The zero-order chi connectivity index (χ0) is 20.7. The van der Waals surface area contributed by atoms with Gasteiger partial charge in [0.25, 0.3) is 5.56 Å². The highest BCUT2D eigenvalue weighted by Gasteiger charge is 2.22. The number of hydrogen-bond donors (Lipinski definition) is 1. The van der Waals surface area contributed by atoms with Crippen molar-refractivity contribution in [1.29, 1.82) is 0 Å². The van der Waals surface area contributed by atoms with Gasteiger partial charge >= 0.3 is 0 Å². The van der Waals surface area contributed by atoms with Crippen molar-refractivity contribution in [3.63, 3.8) is 0 Å². The molecule has 0 radical (unpaired) electrons. The van der Waals surface area contributed by atoms with E-state index < -0.39 is 0 Å². The molecule has 0 fully saturated rings. The fraction of sp³-hybridized carbons (Fsp3) is 0.350. The van der Waals surface area contributed by atoms with Gasteiger partial charge in [0.2, 0.25) is 5.91 Å². The SMILES string of the molecule is CC(NC(=O)CSc1nc2sc3c(c2c(=O)n1C)CCC3)c1ccc(Cl)c(Cl)c1. The van der Waals surface area contributed by atoms with Gasteiger partial charge in [0, 0.05) is 11.9 Å². The van der Waals surface area contributed by atoms with Crippen LogP contribution in [0.25, 0.3) is 10.2 Å². The number of hydrogen-bond acceptors (Lipinski definition) is 5. The molecule has 152 valence electrons. The second kappa shape index (κ2) is 8.30. The maximum absolute atomic E-state index is 12.8. The predicted molar refractivity (Wildman–Crippen MR) is 121 cm³/mol. The van der Waals surface area contributed by atoms with E-state index in [0.717, 1.165) is 35.0 Å². The Morgan fingerprint density at radius 2 is 2.14 bits per heavy atom. The first-order valence-corrected chi connectivity index (χ1v) is 11.8. The average Bonchev–Trinajstić information content (AvgIpc) is 3.26. The molecule has 29 heavy (non-hydrogen) atoms. The molecule has 1 atom stereocenters. The summed E-state index contributed by atoms with van der Waals surface area (Å²) in [7, 11) is 1.71. The number of aromatic nitrogens is 2. The second-order valence-electron chi connectivity index (χ2n) is 7.05. The van der Waals surface area contributed by atoms with Crippen molar-refractivity contribution in [3.8, 4) is 0 Å². The molecule has 0 saturated carbocycles. The number of nitrogens with zero attached hydrogens (tertiary/aromatic N) is 2. The minimum absolute atomic E-state index is 0.0264. The molecule has 1 aromatic carbocycles. The Labute approximate surface area is 186 Å². The van der Waals surface area contributed by atoms with Crippen molar-refractivity contribution in [2.75, 3.05) is 5.75 Å². The third-order valence-corrected chi connectivity index (χ3v) is 8.01. The summed E-state index contributed by atoms with van der Waals surface area (Å²) in [4.78, 5) is 32.0. The van der Waals surface area contributed by atoms with Crippen LogP contribution in [0.4, 0.5) is 0 Å². The summed E-state index contributed by atoms with van der Waals surface area (Å²) >= 11 is 14.9. The molecule has 1 amide bonds. The van der Waals surface area contributed by atoms with E-state index in [-0.39, 0.29) is 23.3 Å². The number of nitrogens with one attached hydrogen (secondary N) is 1. The fourth-order valence-electron chi connectivity index (χ4n) is 3.51. The Bertz CT molecular complexity index is 1170. The molecule has 1 aliphatic carbocycles. The van der Waals surface area contributed by atoms with E-state index in [1.807, 2.05) is 13.0 Å². The largest absolute Gasteiger partial charge is 0.349 e. The molecule has 5 nitrogen and oxygen atoms in total. The third-order valence-electron chi connectivity index (χ3n) is 5.06. The van der Waals surface area contributed by atoms with Crippen LogP contribution in [0.15, 0.2) is 28.2 Å². The van der Waals surface area contributed by atoms with Gasteiger partial charge in [-0.15, -0.1) is 11.3 Å². The standard InChI is InChI=1S/C20H19Cl2N3O2S2/c1-10(11-6-7-13(21)14(22)8-11)23-16(26)9-28-20-24-18-17(19(27)25(20)2)12-4-3-5-15(12)29-18/h6-8,10H,3-5,9H2,1-2H3,(H,23,26). The first-order chi connectivity index (χ1) is 13.8. The van der Waals surface area contributed by atoms with Gasteiger partial charge in [0.05, 0.1) is 27.2 Å². The number of aryl methyl sites for hydroxylation is 2. The molecule has 2 heterocycles. The van der Waals surface area contributed by atoms with Crippen LogP contribution in [0.5, 0.6) is 0 Å². The van der Waals surface area contributed by atoms with Crippen molar-refractivity contribution in [3.05, 3.63) is 54.6 Å². The van der Waals surface area contributed by atoms with E-state index in [4.69, 9.17) is 23.2 Å². The monoisotopic (exact) mass is 467 g/mol. The van der Waals surface area contributed by atoms with Crippen LogP contribution >= 0.6 is 46.3 Å². The van der Waals surface area contributed by atoms with Crippen LogP contribution in [-0.2, 0) is 24.7 Å². The molecule has 3 aromatic rings. The van der Waals surface area contributed by atoms with Crippen LogP contribution < -0.4 is 10.9 Å². The van der Waals surface area contributed by atoms with Crippen LogP contribution in [0.3, 0.4) is 0 Å². The minimum atomic E-state index is -0.211. The van der Waals surface area contributed by atoms with E-state index in [2.05, 4.69) is 10.3 Å². The van der Waals surface area contributed by atoms with Crippen LogP contribution in [0.2, 0.25) is 10.0 Å². The number of fused-ring (bicyclic) bond motifs is 3. The molecule has 0 aliphatic heterocycles. The van der Waals surface area contributed by atoms with Gasteiger partial charge in [-0.2, -0.15) is 0 Å². The Morgan fingerprint density at radius 3 is 2.90 bits per heavy atom. The highest BCUT2D eigenvalue weighted by Crippen LogP contribution is 2.35. The topological polar surface area (TPSA) is 64.0 Å². The van der Waals surface area contributed by atoms with E-state index in [1.165, 1.54) is 22.2 Å². The maximum Gasteiger partial charge on any atom is 0.262 e. The van der Waals surface area contributed by atoms with Crippen LogP contribution in [0.1, 0.15) is 35.4 Å². The van der Waals surface area contributed by atoms with E-state index in [1.54, 1.807) is 35.1 Å². The maximum atomic E-state index is 12.8. The first kappa shape index (κ1) is 20.7. The fourth-order valence-corrected chi connectivity index (χ4v) is 5.91. The third kappa shape index (κ3) is 4.06. The molecular formula is C20H19Cl2N3O2S2. The number of halogens is 2. The molecule has 9 heteroatoms. The summed E-state index contributed by atoms with van der Waals surface area (Å²) in [5.41, 5.74) is 2.02. The molecule has 4 rings (SSSR count). The Balaban J connectivity index is 1.46. The number of rotatable bonds is 5. The van der Waals surface area contributed by atoms with Crippen LogP contribution in [-0.4, -0.2) is 21.2 Å². The lowest BCUT2D eigenvalue weighted by Gasteiger charge is -2.15. The lowest BCUT2D eigenvalue weighted by molar-refractivity contribution is -0.119. The first-order valence-electron chi connectivity index (χ1n) is 9.23. The summed E-state index contributed by atoms with van der Waals surface area (Å²) in [6, 6.07) is 5.08. The van der Waals surface area contributed by atoms with Gasteiger partial charge in [0.15, 0.2) is 5.16 Å². The van der Waals surface area contributed by atoms with Crippen LogP contribution in [0, 0.1) is 0 Å². The Hall–Kier alpha value is -1.54. The minimum Gasteiger partial charge on any atom is -0.349 e. The quantitative estimate of drug-likeness (QED) is 0.433. The van der Waals surface area contributed by atoms with Crippen molar-refractivity contribution in [2.24, 2.45) is 7.05 Å². The summed E-state index contributed by atoms with van der Waals surface area (Å²) in [5, 5.41) is 5.19. The van der Waals surface area contributed by atoms with E-state index >= 15 is 0 Å². The molecule has 0 spiro atoms. The summed E-state index contributed by atoms with van der Waals surface area (Å²) < 4.78 is 1.55. The molecule has 1 unspecified atom stereocenters. The number of carbonyl (C=O) groups excluding carboxylic acids is 1. The number of amides is 1. The highest BCUT2D eigenvalue weighted by molar-refractivity contribution is 7.99. The highest BCUT2D eigenvalue weighted by atomic mass is 35.5. The lowest BCUT2D eigenvalue weighted by atomic mass is 10.1. The van der Waals surface area contributed by atoms with Gasteiger partial charge < -0.3 is 5.32 Å². The summed E-state index contributed by atoms with van der Waals surface area (Å²) in [6.45, 7) is 1.88. The number of thiophene rings is 1. The summed E-state index contributed by atoms with van der Waals surface area (Å²) in [5.74, 6) is 0.0271. The van der Waals surface area contributed by atoms with Gasteiger partial charge in [-0.1, -0.05) is 41.0 Å². The van der Waals surface area contributed by atoms with E-state index in [9.17, 15) is 9.59 Å². The number of benzene rings is 1. The molecule has 0 bridgehead atoms. The summed E-state index contributed by atoms with van der Waals surface area (Å²) in [6.07, 6.45) is 3.08. The van der Waals surface area contributed by atoms with Gasteiger partial charge in [-0.25, -0.2) is 4.98 Å². The average molecular weight is 468 g/mol. The van der Waals surface area contributed by atoms with Gasteiger partial charge in [-0.05, 0) is 49.4 Å². The van der Waals surface area contributed by atoms with Crippen molar-refractivity contribution >= 4 is 62.4 Å². The smallest absolute Gasteiger partial charge is 0.262 e. The lowest BCUT2D eigenvalue weighted by Crippen LogP contribution is -2.28. The normalized spacial score (nSPS) is 14.2. The molecule has 2 aromatic heterocycles. The van der Waals surface area contributed by atoms with Gasteiger partial charge in [-0.3, -0.25) is 14.2 Å². The number of thioether (sulfide) groups is 1. The van der Waals surface area contributed by atoms with Gasteiger partial charge in [0.1, 0.15) is 4.83 Å².